The number of fused-ring (bicyclic) bond motifs is 1. The van der Waals surface area contributed by atoms with Crippen LogP contribution in [0.25, 0.3) is 0 Å². The molecule has 156 valence electrons. The molecule has 0 N–H and O–H groups in total. The summed E-state index contributed by atoms with van der Waals surface area (Å²) in [6.07, 6.45) is 3.15. The summed E-state index contributed by atoms with van der Waals surface area (Å²) in [5.74, 6) is -0.508. The van der Waals surface area contributed by atoms with Crippen molar-refractivity contribution in [1.29, 1.82) is 0 Å². The highest BCUT2D eigenvalue weighted by atomic mass is 32.2. The summed E-state index contributed by atoms with van der Waals surface area (Å²) in [5.41, 5.74) is 1.15. The summed E-state index contributed by atoms with van der Waals surface area (Å²) < 4.78 is 68.2. The summed E-state index contributed by atoms with van der Waals surface area (Å²) in [6.45, 7) is 2.81. The second kappa shape index (κ2) is 7.37. The predicted molar refractivity (Wildman–Crippen MR) is 108 cm³/mol. The smallest absolute Gasteiger partial charge is 0.263 e. The zero-order valence-electron chi connectivity index (χ0n) is 16.1. The molecule has 4 rings (SSSR count). The zero-order chi connectivity index (χ0) is 20.8. The van der Waals surface area contributed by atoms with E-state index in [2.05, 4.69) is 0 Å². The third-order valence-electron chi connectivity index (χ3n) is 5.53. The number of sulfonamides is 2. The summed E-state index contributed by atoms with van der Waals surface area (Å²) in [7, 11) is -7.47. The lowest BCUT2D eigenvalue weighted by atomic mass is 10.1. The van der Waals surface area contributed by atoms with Gasteiger partial charge in [-0.05, 0) is 74.2 Å². The fourth-order valence-corrected chi connectivity index (χ4v) is 7.34. The lowest BCUT2D eigenvalue weighted by molar-refractivity contribution is 0.346. The number of benzene rings is 2. The molecule has 0 radical (unpaired) electrons. The molecule has 2 aliphatic heterocycles. The molecule has 1 fully saturated rings. The van der Waals surface area contributed by atoms with Crippen LogP contribution in [0, 0.1) is 5.82 Å². The predicted octanol–water partition coefficient (Wildman–Crippen LogP) is 3.14. The molecule has 0 bridgehead atoms. The van der Waals surface area contributed by atoms with Crippen molar-refractivity contribution in [3.8, 4) is 0 Å². The number of nitrogens with zero attached hydrogens (tertiary/aromatic N) is 2. The van der Waals surface area contributed by atoms with Crippen LogP contribution in [0.2, 0.25) is 0 Å². The molecule has 1 atom stereocenters. The minimum atomic E-state index is -3.88. The summed E-state index contributed by atoms with van der Waals surface area (Å²) in [4.78, 5) is 0.204. The Morgan fingerprint density at radius 1 is 0.862 bits per heavy atom. The third kappa shape index (κ3) is 3.55. The number of halogens is 1. The molecular formula is C20H23FN2O4S2. The van der Waals surface area contributed by atoms with Crippen molar-refractivity contribution >= 4 is 25.7 Å². The first-order chi connectivity index (χ1) is 13.7. The van der Waals surface area contributed by atoms with Crippen molar-refractivity contribution < 1.29 is 21.2 Å². The van der Waals surface area contributed by atoms with Gasteiger partial charge in [0, 0.05) is 19.1 Å². The number of rotatable bonds is 4. The fourth-order valence-electron chi connectivity index (χ4n) is 4.08. The van der Waals surface area contributed by atoms with Crippen LogP contribution < -0.4 is 4.31 Å². The van der Waals surface area contributed by atoms with E-state index in [0.29, 0.717) is 30.8 Å². The van der Waals surface area contributed by atoms with E-state index in [-0.39, 0.29) is 15.8 Å². The van der Waals surface area contributed by atoms with Crippen LogP contribution in [0.5, 0.6) is 0 Å². The first-order valence-electron chi connectivity index (χ1n) is 9.64. The minimum absolute atomic E-state index is 0.00335. The quantitative estimate of drug-likeness (QED) is 0.735. The Hall–Kier alpha value is -1.97. The Morgan fingerprint density at radius 3 is 2.14 bits per heavy atom. The fraction of sp³-hybridized carbons (Fsp3) is 0.400. The maximum absolute atomic E-state index is 13.2. The summed E-state index contributed by atoms with van der Waals surface area (Å²) in [5, 5.41) is 0. The van der Waals surface area contributed by atoms with Gasteiger partial charge in [-0.15, -0.1) is 0 Å². The van der Waals surface area contributed by atoms with Crippen molar-refractivity contribution in [1.82, 2.24) is 4.31 Å². The lowest BCUT2D eigenvalue weighted by Crippen LogP contribution is -2.36. The Kier molecular flexibility index (Phi) is 5.16. The first kappa shape index (κ1) is 20.3. The van der Waals surface area contributed by atoms with Gasteiger partial charge in [-0.25, -0.2) is 21.2 Å². The molecule has 0 aliphatic carbocycles. The number of hydrogen-bond acceptors (Lipinski definition) is 4. The molecule has 29 heavy (non-hydrogen) atoms. The van der Waals surface area contributed by atoms with Gasteiger partial charge in [0.15, 0.2) is 0 Å². The Bertz CT molecular complexity index is 1130. The largest absolute Gasteiger partial charge is 0.264 e. The van der Waals surface area contributed by atoms with Crippen LogP contribution in [0.3, 0.4) is 0 Å². The van der Waals surface area contributed by atoms with E-state index < -0.39 is 25.9 Å². The number of hydrogen-bond donors (Lipinski definition) is 0. The molecule has 2 aromatic rings. The van der Waals surface area contributed by atoms with Gasteiger partial charge in [0.1, 0.15) is 5.82 Å². The molecule has 2 heterocycles. The van der Waals surface area contributed by atoms with Crippen LogP contribution in [0.15, 0.2) is 52.3 Å². The van der Waals surface area contributed by atoms with E-state index >= 15 is 0 Å². The van der Waals surface area contributed by atoms with Crippen molar-refractivity contribution in [3.63, 3.8) is 0 Å². The molecule has 0 aromatic heterocycles. The molecule has 0 amide bonds. The van der Waals surface area contributed by atoms with Gasteiger partial charge in [-0.2, -0.15) is 4.31 Å². The van der Waals surface area contributed by atoms with Gasteiger partial charge in [0.2, 0.25) is 10.0 Å². The van der Waals surface area contributed by atoms with Crippen molar-refractivity contribution in [3.05, 3.63) is 53.8 Å². The van der Waals surface area contributed by atoms with Gasteiger partial charge < -0.3 is 0 Å². The Morgan fingerprint density at radius 2 is 1.48 bits per heavy atom. The standard InChI is InChI=1S/C20H23FN2O4S2/c1-15-13-16-14-19(28(24,25)22-11-3-2-4-12-22)9-10-20(16)23(15)29(26,27)18-7-5-17(21)6-8-18/h5-10,14-15H,2-4,11-13H2,1H3/t15-/m0/s1. The monoisotopic (exact) mass is 438 g/mol. The Balaban J connectivity index is 1.70. The highest BCUT2D eigenvalue weighted by Crippen LogP contribution is 2.38. The van der Waals surface area contributed by atoms with Gasteiger partial charge in [0.25, 0.3) is 10.0 Å². The second-order valence-corrected chi connectivity index (χ2v) is 11.3. The average Bonchev–Trinajstić information content (AvgIpc) is 3.04. The van der Waals surface area contributed by atoms with E-state index in [1.807, 2.05) is 0 Å². The average molecular weight is 439 g/mol. The van der Waals surface area contributed by atoms with Crippen molar-refractivity contribution in [2.24, 2.45) is 0 Å². The zero-order valence-corrected chi connectivity index (χ0v) is 17.7. The van der Waals surface area contributed by atoms with Crippen LogP contribution in [-0.2, 0) is 26.5 Å². The molecule has 0 saturated carbocycles. The molecule has 9 heteroatoms. The molecule has 0 unspecified atom stereocenters. The maximum atomic E-state index is 13.2. The van der Waals surface area contributed by atoms with E-state index in [9.17, 15) is 21.2 Å². The second-order valence-electron chi connectivity index (χ2n) is 7.56. The summed E-state index contributed by atoms with van der Waals surface area (Å²) in [6, 6.07) is 8.98. The van der Waals surface area contributed by atoms with Crippen molar-refractivity contribution in [2.45, 2.75) is 48.4 Å². The molecule has 2 aliphatic rings. The van der Waals surface area contributed by atoms with E-state index in [4.69, 9.17) is 0 Å². The third-order valence-corrected chi connectivity index (χ3v) is 9.36. The van der Waals surface area contributed by atoms with E-state index in [0.717, 1.165) is 31.4 Å². The van der Waals surface area contributed by atoms with Gasteiger partial charge in [0.05, 0.1) is 15.5 Å². The van der Waals surface area contributed by atoms with E-state index in [1.54, 1.807) is 19.1 Å². The topological polar surface area (TPSA) is 74.8 Å². The van der Waals surface area contributed by atoms with Crippen LogP contribution in [-0.4, -0.2) is 40.3 Å². The minimum Gasteiger partial charge on any atom is -0.263 e. The van der Waals surface area contributed by atoms with Crippen LogP contribution in [0.1, 0.15) is 31.7 Å². The summed E-state index contributed by atoms with van der Waals surface area (Å²) >= 11 is 0. The van der Waals surface area contributed by atoms with Crippen LogP contribution in [0.4, 0.5) is 10.1 Å². The number of piperidine rings is 1. The van der Waals surface area contributed by atoms with Gasteiger partial charge in [-0.1, -0.05) is 6.42 Å². The van der Waals surface area contributed by atoms with Gasteiger partial charge in [-0.3, -0.25) is 4.31 Å². The molecule has 2 aromatic carbocycles. The van der Waals surface area contributed by atoms with E-state index in [1.165, 1.54) is 26.8 Å². The first-order valence-corrected chi connectivity index (χ1v) is 12.5. The van der Waals surface area contributed by atoms with Crippen molar-refractivity contribution in [2.75, 3.05) is 17.4 Å². The molecular weight excluding hydrogens is 415 g/mol. The maximum Gasteiger partial charge on any atom is 0.264 e. The molecule has 1 saturated heterocycles. The molecule has 0 spiro atoms. The SMILES string of the molecule is C[C@H]1Cc2cc(S(=O)(=O)N3CCCCC3)ccc2N1S(=O)(=O)c1ccc(F)cc1. The number of anilines is 1. The normalized spacial score (nSPS) is 20.6. The molecule has 6 nitrogen and oxygen atoms in total. The Labute approximate surface area is 171 Å². The highest BCUT2D eigenvalue weighted by Gasteiger charge is 2.37. The highest BCUT2D eigenvalue weighted by molar-refractivity contribution is 7.93. The lowest BCUT2D eigenvalue weighted by Gasteiger charge is -2.26. The van der Waals surface area contributed by atoms with Gasteiger partial charge >= 0.3 is 0 Å². The van der Waals surface area contributed by atoms with Crippen LogP contribution >= 0.6 is 0 Å².